The molecule has 24 heavy (non-hydrogen) atoms. The fraction of sp³-hybridized carbons (Fsp3) is 0.368. The first kappa shape index (κ1) is 16.7. The summed E-state index contributed by atoms with van der Waals surface area (Å²) in [5.74, 6) is 1.12. The lowest BCUT2D eigenvalue weighted by Crippen LogP contribution is -2.42. The number of halogens is 3. The molecule has 2 nitrogen and oxygen atoms in total. The molecule has 0 bridgehead atoms. The minimum atomic E-state index is -0.312. The molecule has 4 rings (SSSR count). The van der Waals surface area contributed by atoms with E-state index in [0.29, 0.717) is 10.0 Å². The summed E-state index contributed by atoms with van der Waals surface area (Å²) in [7, 11) is 0. The molecule has 0 spiro atoms. The Morgan fingerprint density at radius 1 is 1.12 bits per heavy atom. The van der Waals surface area contributed by atoms with Crippen molar-refractivity contribution in [2.45, 2.75) is 38.1 Å². The Labute approximate surface area is 160 Å². The molecule has 5 heteroatoms. The van der Waals surface area contributed by atoms with Crippen LogP contribution in [0.5, 0.6) is 5.75 Å². The van der Waals surface area contributed by atoms with Gasteiger partial charge in [0.25, 0.3) is 0 Å². The van der Waals surface area contributed by atoms with Crippen molar-refractivity contribution in [3.8, 4) is 5.75 Å². The molecule has 3 atom stereocenters. The number of hydrogen-bond donors (Lipinski definition) is 0. The average molecular weight is 428 g/mol. The van der Waals surface area contributed by atoms with E-state index in [1.165, 1.54) is 0 Å². The first-order valence-electron chi connectivity index (χ1n) is 7.94. The summed E-state index contributed by atoms with van der Waals surface area (Å²) in [5, 5.41) is 1.30. The lowest BCUT2D eigenvalue weighted by Gasteiger charge is -2.41. The van der Waals surface area contributed by atoms with E-state index in [2.05, 4.69) is 35.8 Å². The quantitative estimate of drug-likeness (QED) is 0.501. The van der Waals surface area contributed by atoms with Gasteiger partial charge < -0.3 is 9.47 Å². The van der Waals surface area contributed by atoms with Crippen LogP contribution in [0.25, 0.3) is 0 Å². The zero-order valence-electron chi connectivity index (χ0n) is 13.4. The maximum Gasteiger partial charge on any atom is 0.126 e. The van der Waals surface area contributed by atoms with Gasteiger partial charge in [0.1, 0.15) is 11.4 Å². The van der Waals surface area contributed by atoms with Gasteiger partial charge in [0, 0.05) is 31.6 Å². The largest absolute Gasteiger partial charge is 0.487 e. The molecule has 0 aromatic heterocycles. The van der Waals surface area contributed by atoms with Gasteiger partial charge in [-0.15, -0.1) is 0 Å². The molecular formula is C19H17BrCl2O2. The standard InChI is InChI=1S/C19H17BrCl2O2/c1-19(2)12-9-16(17-13(21)4-3-5-14(17)22)23-18(12)11-8-10(20)6-7-15(11)24-19/h3-8,12,16,18H,9H2,1-2H3/t12-,16+,18+/m0/s1. The van der Waals surface area contributed by atoms with Gasteiger partial charge >= 0.3 is 0 Å². The van der Waals surface area contributed by atoms with Crippen LogP contribution >= 0.6 is 39.1 Å². The van der Waals surface area contributed by atoms with Crippen molar-refractivity contribution in [1.82, 2.24) is 0 Å². The van der Waals surface area contributed by atoms with Crippen LogP contribution in [0.1, 0.15) is 43.6 Å². The van der Waals surface area contributed by atoms with Crippen LogP contribution in [-0.2, 0) is 4.74 Å². The van der Waals surface area contributed by atoms with Gasteiger partial charge in [0.15, 0.2) is 0 Å². The number of hydrogen-bond acceptors (Lipinski definition) is 2. The molecule has 0 radical (unpaired) electrons. The van der Waals surface area contributed by atoms with E-state index < -0.39 is 0 Å². The van der Waals surface area contributed by atoms with Crippen molar-refractivity contribution in [1.29, 1.82) is 0 Å². The molecule has 0 N–H and O–H groups in total. The Balaban J connectivity index is 1.77. The Hall–Kier alpha value is -0.740. The number of ether oxygens (including phenoxy) is 2. The van der Waals surface area contributed by atoms with E-state index in [0.717, 1.165) is 27.8 Å². The number of fused-ring (bicyclic) bond motifs is 3. The van der Waals surface area contributed by atoms with Crippen molar-refractivity contribution in [2.24, 2.45) is 5.92 Å². The second kappa shape index (κ2) is 5.91. The fourth-order valence-corrected chi connectivity index (χ4v) is 4.84. The molecule has 2 aromatic carbocycles. The third-order valence-corrected chi connectivity index (χ3v) is 6.16. The molecular weight excluding hydrogens is 411 g/mol. The summed E-state index contributed by atoms with van der Waals surface area (Å²) in [6.45, 7) is 4.24. The Morgan fingerprint density at radius 2 is 1.83 bits per heavy atom. The highest BCUT2D eigenvalue weighted by Gasteiger charge is 2.51. The van der Waals surface area contributed by atoms with E-state index in [4.69, 9.17) is 32.7 Å². The molecule has 2 aromatic rings. The second-order valence-corrected chi connectivity index (χ2v) is 8.64. The monoisotopic (exact) mass is 426 g/mol. The Morgan fingerprint density at radius 3 is 2.54 bits per heavy atom. The molecule has 2 aliphatic rings. The molecule has 126 valence electrons. The van der Waals surface area contributed by atoms with Gasteiger partial charge in [-0.25, -0.2) is 0 Å². The van der Waals surface area contributed by atoms with Crippen LogP contribution in [0.4, 0.5) is 0 Å². The normalized spacial score (nSPS) is 27.3. The van der Waals surface area contributed by atoms with E-state index in [-0.39, 0.29) is 23.7 Å². The molecule has 0 amide bonds. The SMILES string of the molecule is CC1(C)Oc2ccc(Br)cc2[C@H]2O[C@@H](c3c(Cl)cccc3Cl)C[C@@H]21. The van der Waals surface area contributed by atoms with Gasteiger partial charge in [-0.05, 0) is 50.6 Å². The van der Waals surface area contributed by atoms with Crippen molar-refractivity contribution >= 4 is 39.1 Å². The average Bonchev–Trinajstić information content (AvgIpc) is 2.94. The number of benzene rings is 2. The second-order valence-electron chi connectivity index (χ2n) is 6.91. The minimum Gasteiger partial charge on any atom is -0.487 e. The first-order chi connectivity index (χ1) is 11.4. The van der Waals surface area contributed by atoms with Crippen molar-refractivity contribution < 1.29 is 9.47 Å². The molecule has 0 saturated carbocycles. The smallest absolute Gasteiger partial charge is 0.126 e. The minimum absolute atomic E-state index is 0.0291. The topological polar surface area (TPSA) is 18.5 Å². The highest BCUT2D eigenvalue weighted by Crippen LogP contribution is 2.57. The molecule has 2 aliphatic heterocycles. The predicted molar refractivity (Wildman–Crippen MR) is 100.0 cm³/mol. The molecule has 0 aliphatic carbocycles. The van der Waals surface area contributed by atoms with E-state index in [1.807, 2.05) is 30.3 Å². The Bertz CT molecular complexity index is 786. The van der Waals surface area contributed by atoms with Gasteiger partial charge in [0.2, 0.25) is 0 Å². The summed E-state index contributed by atoms with van der Waals surface area (Å²) in [4.78, 5) is 0. The predicted octanol–water partition coefficient (Wildman–Crippen LogP) is 6.75. The number of rotatable bonds is 1. The molecule has 1 fully saturated rings. The van der Waals surface area contributed by atoms with Gasteiger partial charge in [-0.1, -0.05) is 45.2 Å². The van der Waals surface area contributed by atoms with E-state index >= 15 is 0 Å². The summed E-state index contributed by atoms with van der Waals surface area (Å²) < 4.78 is 13.7. The van der Waals surface area contributed by atoms with Crippen LogP contribution < -0.4 is 4.74 Å². The van der Waals surface area contributed by atoms with Crippen LogP contribution in [0.3, 0.4) is 0 Å². The third-order valence-electron chi connectivity index (χ3n) is 5.01. The zero-order chi connectivity index (χ0) is 17.1. The lowest BCUT2D eigenvalue weighted by molar-refractivity contribution is -0.0421. The summed E-state index contributed by atoms with van der Waals surface area (Å²) >= 11 is 16.3. The highest BCUT2D eigenvalue weighted by atomic mass is 79.9. The molecule has 0 unspecified atom stereocenters. The van der Waals surface area contributed by atoms with Crippen LogP contribution in [0.15, 0.2) is 40.9 Å². The van der Waals surface area contributed by atoms with Crippen LogP contribution in [0, 0.1) is 5.92 Å². The van der Waals surface area contributed by atoms with Gasteiger partial charge in [0.05, 0.1) is 12.2 Å². The van der Waals surface area contributed by atoms with Crippen molar-refractivity contribution in [2.75, 3.05) is 0 Å². The maximum atomic E-state index is 6.46. The van der Waals surface area contributed by atoms with E-state index in [1.54, 1.807) is 0 Å². The van der Waals surface area contributed by atoms with Crippen molar-refractivity contribution in [3.63, 3.8) is 0 Å². The highest BCUT2D eigenvalue weighted by molar-refractivity contribution is 9.10. The third kappa shape index (κ3) is 2.66. The molecule has 1 saturated heterocycles. The van der Waals surface area contributed by atoms with E-state index in [9.17, 15) is 0 Å². The fourth-order valence-electron chi connectivity index (χ4n) is 3.82. The maximum absolute atomic E-state index is 6.46. The zero-order valence-corrected chi connectivity index (χ0v) is 16.5. The Kier molecular flexibility index (Phi) is 4.12. The first-order valence-corrected chi connectivity index (χ1v) is 9.49. The summed E-state index contributed by atoms with van der Waals surface area (Å²) in [6, 6.07) is 11.7. The van der Waals surface area contributed by atoms with Crippen molar-refractivity contribution in [3.05, 3.63) is 62.0 Å². The van der Waals surface area contributed by atoms with Gasteiger partial charge in [-0.3, -0.25) is 0 Å². The van der Waals surface area contributed by atoms with Gasteiger partial charge in [-0.2, -0.15) is 0 Å². The summed E-state index contributed by atoms with van der Waals surface area (Å²) in [5.41, 5.74) is 1.65. The van der Waals surface area contributed by atoms with Crippen LogP contribution in [0.2, 0.25) is 10.0 Å². The summed E-state index contributed by atoms with van der Waals surface area (Å²) in [6.07, 6.45) is 0.667. The molecule has 2 heterocycles. The lowest BCUT2D eigenvalue weighted by atomic mass is 9.78. The van der Waals surface area contributed by atoms with Crippen LogP contribution in [-0.4, -0.2) is 5.60 Å².